The predicted molar refractivity (Wildman–Crippen MR) is 113 cm³/mol. The fourth-order valence-electron chi connectivity index (χ4n) is 3.78. The van der Waals surface area contributed by atoms with E-state index in [-0.39, 0.29) is 0 Å². The molecule has 0 saturated heterocycles. The molecule has 0 aliphatic carbocycles. The van der Waals surface area contributed by atoms with Gasteiger partial charge in [0.2, 0.25) is 0 Å². The fraction of sp³-hybridized carbons (Fsp3) is 0.160. The van der Waals surface area contributed by atoms with E-state index in [2.05, 4.69) is 57.2 Å². The second-order valence-corrected chi connectivity index (χ2v) is 7.22. The molecule has 0 aliphatic rings. The van der Waals surface area contributed by atoms with Crippen molar-refractivity contribution in [3.8, 4) is 16.9 Å². The minimum Gasteiger partial charge on any atom is -0.488 e. The summed E-state index contributed by atoms with van der Waals surface area (Å²) in [6.45, 7) is 6.71. The van der Waals surface area contributed by atoms with Crippen LogP contribution in [0.4, 0.5) is 0 Å². The molecule has 0 saturated carbocycles. The molecule has 0 radical (unpaired) electrons. The lowest BCUT2D eigenvalue weighted by Gasteiger charge is -2.14. The summed E-state index contributed by atoms with van der Waals surface area (Å²) in [6.07, 6.45) is 2.87. The van der Waals surface area contributed by atoms with Crippen molar-refractivity contribution in [2.24, 2.45) is 0 Å². The Hall–Kier alpha value is -3.33. The maximum atomic E-state index is 11.8. The molecule has 4 aromatic rings. The second kappa shape index (κ2) is 7.35. The zero-order valence-electron chi connectivity index (χ0n) is 16.4. The molecule has 28 heavy (non-hydrogen) atoms. The van der Waals surface area contributed by atoms with Crippen LogP contribution in [0.25, 0.3) is 16.6 Å². The second-order valence-electron chi connectivity index (χ2n) is 7.22. The van der Waals surface area contributed by atoms with Gasteiger partial charge in [-0.05, 0) is 72.9 Å². The summed E-state index contributed by atoms with van der Waals surface area (Å²) in [6, 6.07) is 20.5. The number of hydrogen-bond donors (Lipinski definition) is 0. The number of carbonyl (C=O) groups is 1. The number of aldehydes is 1. The van der Waals surface area contributed by atoms with Gasteiger partial charge in [0.15, 0.2) is 6.29 Å². The third-order valence-corrected chi connectivity index (χ3v) is 5.17. The van der Waals surface area contributed by atoms with Gasteiger partial charge in [-0.25, -0.2) is 0 Å². The smallest absolute Gasteiger partial charge is 0.167 e. The fourth-order valence-corrected chi connectivity index (χ4v) is 3.78. The normalized spacial score (nSPS) is 11.0. The molecule has 0 bridgehead atoms. The minimum atomic E-state index is 0.538. The lowest BCUT2D eigenvalue weighted by Crippen LogP contribution is -1.99. The first-order valence-electron chi connectivity index (χ1n) is 9.42. The van der Waals surface area contributed by atoms with Crippen molar-refractivity contribution in [2.45, 2.75) is 27.4 Å². The highest BCUT2D eigenvalue weighted by Crippen LogP contribution is 2.34. The predicted octanol–water partition coefficient (Wildman–Crippen LogP) is 5.92. The third kappa shape index (κ3) is 3.20. The number of aryl methyl sites for hydroxylation is 3. The zero-order chi connectivity index (χ0) is 19.7. The Labute approximate surface area is 165 Å². The van der Waals surface area contributed by atoms with Crippen LogP contribution in [0, 0.1) is 20.8 Å². The van der Waals surface area contributed by atoms with Crippen molar-refractivity contribution >= 4 is 11.8 Å². The van der Waals surface area contributed by atoms with E-state index in [9.17, 15) is 4.79 Å². The van der Waals surface area contributed by atoms with Gasteiger partial charge < -0.3 is 9.14 Å². The van der Waals surface area contributed by atoms with E-state index >= 15 is 0 Å². The Kier molecular flexibility index (Phi) is 4.74. The van der Waals surface area contributed by atoms with E-state index in [4.69, 9.17) is 4.74 Å². The highest BCUT2D eigenvalue weighted by Gasteiger charge is 2.15. The Morgan fingerprint density at radius 1 is 0.893 bits per heavy atom. The summed E-state index contributed by atoms with van der Waals surface area (Å²) < 4.78 is 8.06. The molecule has 0 aliphatic heterocycles. The number of pyridine rings is 1. The van der Waals surface area contributed by atoms with Crippen LogP contribution in [-0.2, 0) is 6.61 Å². The monoisotopic (exact) mass is 369 g/mol. The molecule has 3 nitrogen and oxygen atoms in total. The molecular formula is C25H23NO2. The van der Waals surface area contributed by atoms with Crippen LogP contribution in [0.3, 0.4) is 0 Å². The van der Waals surface area contributed by atoms with E-state index in [0.29, 0.717) is 12.3 Å². The maximum Gasteiger partial charge on any atom is 0.167 e. The van der Waals surface area contributed by atoms with Crippen LogP contribution in [0.15, 0.2) is 66.9 Å². The SMILES string of the molecule is Cc1cc(-c2cc3c(C)cccn3c2C=O)cc(C)c1OCc1ccccc1. The number of hydrogen-bond acceptors (Lipinski definition) is 2. The van der Waals surface area contributed by atoms with Crippen molar-refractivity contribution in [3.63, 3.8) is 0 Å². The Morgan fingerprint density at radius 2 is 1.61 bits per heavy atom. The maximum absolute atomic E-state index is 11.8. The first-order valence-corrected chi connectivity index (χ1v) is 9.42. The van der Waals surface area contributed by atoms with Gasteiger partial charge in [-0.1, -0.05) is 36.4 Å². The van der Waals surface area contributed by atoms with Crippen LogP contribution < -0.4 is 4.74 Å². The molecule has 2 heterocycles. The summed E-state index contributed by atoms with van der Waals surface area (Å²) in [7, 11) is 0. The van der Waals surface area contributed by atoms with Gasteiger partial charge in [0.05, 0.1) is 5.69 Å². The average molecular weight is 369 g/mol. The Morgan fingerprint density at radius 3 is 2.29 bits per heavy atom. The number of aromatic nitrogens is 1. The van der Waals surface area contributed by atoms with E-state index < -0.39 is 0 Å². The van der Waals surface area contributed by atoms with Crippen molar-refractivity contribution in [3.05, 3.63) is 94.8 Å². The highest BCUT2D eigenvalue weighted by molar-refractivity contribution is 5.90. The molecule has 0 atom stereocenters. The molecule has 0 spiro atoms. The molecule has 0 amide bonds. The van der Waals surface area contributed by atoms with Crippen molar-refractivity contribution in [1.29, 1.82) is 0 Å². The van der Waals surface area contributed by atoms with Crippen LogP contribution in [0.1, 0.15) is 32.7 Å². The van der Waals surface area contributed by atoms with E-state index in [0.717, 1.165) is 50.9 Å². The largest absolute Gasteiger partial charge is 0.488 e. The van der Waals surface area contributed by atoms with E-state index in [1.165, 1.54) is 0 Å². The topological polar surface area (TPSA) is 30.7 Å². The first-order chi connectivity index (χ1) is 13.6. The van der Waals surface area contributed by atoms with Gasteiger partial charge in [0.25, 0.3) is 0 Å². The lowest BCUT2D eigenvalue weighted by molar-refractivity contribution is 0.111. The molecule has 3 heteroatoms. The van der Waals surface area contributed by atoms with Gasteiger partial charge >= 0.3 is 0 Å². The van der Waals surface area contributed by atoms with Crippen molar-refractivity contribution in [1.82, 2.24) is 4.40 Å². The van der Waals surface area contributed by atoms with Crippen molar-refractivity contribution in [2.75, 3.05) is 0 Å². The molecule has 0 N–H and O–H groups in total. The third-order valence-electron chi connectivity index (χ3n) is 5.17. The Balaban J connectivity index is 1.73. The number of carbonyl (C=O) groups excluding carboxylic acids is 1. The number of rotatable bonds is 5. The summed E-state index contributed by atoms with van der Waals surface area (Å²) in [5.74, 6) is 0.903. The van der Waals surface area contributed by atoms with Crippen LogP contribution in [0.5, 0.6) is 5.75 Å². The molecule has 4 rings (SSSR count). The van der Waals surface area contributed by atoms with E-state index in [1.807, 2.05) is 34.9 Å². The summed E-state index contributed by atoms with van der Waals surface area (Å²) in [5, 5.41) is 0. The molecule has 2 aromatic carbocycles. The average Bonchev–Trinajstić information content (AvgIpc) is 3.08. The zero-order valence-corrected chi connectivity index (χ0v) is 16.4. The van der Waals surface area contributed by atoms with Gasteiger partial charge in [-0.2, -0.15) is 0 Å². The summed E-state index contributed by atoms with van der Waals surface area (Å²) >= 11 is 0. The van der Waals surface area contributed by atoms with Gasteiger partial charge in [-0.3, -0.25) is 4.79 Å². The minimum absolute atomic E-state index is 0.538. The van der Waals surface area contributed by atoms with Crippen LogP contribution in [-0.4, -0.2) is 10.7 Å². The molecule has 0 fully saturated rings. The van der Waals surface area contributed by atoms with Gasteiger partial charge in [-0.15, -0.1) is 0 Å². The molecular weight excluding hydrogens is 346 g/mol. The van der Waals surface area contributed by atoms with Crippen LogP contribution in [0.2, 0.25) is 0 Å². The number of ether oxygens (including phenoxy) is 1. The van der Waals surface area contributed by atoms with Crippen molar-refractivity contribution < 1.29 is 9.53 Å². The standard InChI is InChI=1S/C25H23NO2/c1-17-8-7-11-26-23(17)14-22(24(26)15-27)21-12-18(2)25(19(3)13-21)28-16-20-9-5-4-6-10-20/h4-15H,16H2,1-3H3. The molecule has 140 valence electrons. The number of benzene rings is 2. The van der Waals surface area contributed by atoms with Crippen LogP contribution >= 0.6 is 0 Å². The highest BCUT2D eigenvalue weighted by atomic mass is 16.5. The quantitative estimate of drug-likeness (QED) is 0.409. The van der Waals surface area contributed by atoms with E-state index in [1.54, 1.807) is 0 Å². The Bertz CT molecular complexity index is 1130. The summed E-state index contributed by atoms with van der Waals surface area (Å²) in [5.41, 5.74) is 8.13. The molecule has 0 unspecified atom stereocenters. The van der Waals surface area contributed by atoms with Gasteiger partial charge in [0, 0.05) is 17.3 Å². The molecule has 2 aromatic heterocycles. The number of fused-ring (bicyclic) bond motifs is 1. The number of nitrogens with zero attached hydrogens (tertiary/aromatic N) is 1. The first kappa shape index (κ1) is 18.1. The summed E-state index contributed by atoms with van der Waals surface area (Å²) in [4.78, 5) is 11.8. The lowest BCUT2D eigenvalue weighted by atomic mass is 9.99. The van der Waals surface area contributed by atoms with Gasteiger partial charge in [0.1, 0.15) is 12.4 Å².